The maximum atomic E-state index is 13.2. The van der Waals surface area contributed by atoms with Crippen LogP contribution in [0.25, 0.3) is 0 Å². The molecule has 82 valence electrons. The number of amides is 1. The van der Waals surface area contributed by atoms with Gasteiger partial charge in [0.1, 0.15) is 17.3 Å². The molecular weight excluding hydrogens is 209 g/mol. The number of carbonyl (C=O) groups excluding carboxylic acids is 1. The van der Waals surface area contributed by atoms with Gasteiger partial charge in [-0.15, -0.1) is 0 Å². The van der Waals surface area contributed by atoms with E-state index in [9.17, 15) is 9.18 Å². The van der Waals surface area contributed by atoms with Crippen molar-refractivity contribution in [2.75, 3.05) is 5.32 Å². The van der Waals surface area contributed by atoms with E-state index in [0.717, 1.165) is 0 Å². The number of halogens is 1. The molecule has 0 aliphatic carbocycles. The highest BCUT2D eigenvalue weighted by Crippen LogP contribution is 2.13. The van der Waals surface area contributed by atoms with E-state index in [1.807, 2.05) is 0 Å². The minimum atomic E-state index is -0.466. The highest BCUT2D eigenvalue weighted by Gasteiger charge is 2.10. The minimum Gasteiger partial charge on any atom is -0.338 e. The Balaban J connectivity index is 2.17. The van der Waals surface area contributed by atoms with Gasteiger partial charge in [0, 0.05) is 0 Å². The summed E-state index contributed by atoms with van der Waals surface area (Å²) in [6.07, 6.45) is 1.41. The van der Waals surface area contributed by atoms with Crippen molar-refractivity contribution in [1.29, 1.82) is 0 Å². The summed E-state index contributed by atoms with van der Waals surface area (Å²) in [5, 5.41) is 2.45. The Morgan fingerprint density at radius 2 is 2.19 bits per heavy atom. The minimum absolute atomic E-state index is 0.153. The first-order valence-electron chi connectivity index (χ1n) is 4.74. The summed E-state index contributed by atoms with van der Waals surface area (Å²) in [6, 6.07) is 5.99. The van der Waals surface area contributed by atoms with E-state index in [2.05, 4.69) is 15.3 Å². The van der Waals surface area contributed by atoms with Crippen LogP contribution in [-0.2, 0) is 0 Å². The number of para-hydroxylation sites is 1. The van der Waals surface area contributed by atoms with Crippen molar-refractivity contribution in [3.8, 4) is 0 Å². The lowest BCUT2D eigenvalue weighted by atomic mass is 10.3. The van der Waals surface area contributed by atoms with Gasteiger partial charge in [0.15, 0.2) is 0 Å². The number of nitrogens with zero attached hydrogens (tertiary/aromatic N) is 1. The molecule has 0 bridgehead atoms. The maximum absolute atomic E-state index is 13.2. The first kappa shape index (κ1) is 10.4. The van der Waals surface area contributed by atoms with Gasteiger partial charge in [-0.3, -0.25) is 4.79 Å². The van der Waals surface area contributed by atoms with Crippen molar-refractivity contribution in [3.63, 3.8) is 0 Å². The number of hydrogen-bond acceptors (Lipinski definition) is 2. The maximum Gasteiger partial charge on any atom is 0.273 e. The molecule has 2 rings (SSSR count). The number of hydrogen-bond donors (Lipinski definition) is 2. The molecule has 1 heterocycles. The summed E-state index contributed by atoms with van der Waals surface area (Å²) in [5.41, 5.74) is 0.459. The summed E-state index contributed by atoms with van der Waals surface area (Å²) in [4.78, 5) is 18.3. The van der Waals surface area contributed by atoms with Crippen LogP contribution in [0.15, 0.2) is 30.5 Å². The van der Waals surface area contributed by atoms with Crippen LogP contribution in [0.1, 0.15) is 16.3 Å². The van der Waals surface area contributed by atoms with E-state index >= 15 is 0 Å². The zero-order valence-electron chi connectivity index (χ0n) is 8.62. The fraction of sp³-hybridized carbons (Fsp3) is 0.0909. The topological polar surface area (TPSA) is 57.8 Å². The SMILES string of the molecule is Cc1ncc(C(=O)Nc2ccccc2F)[nH]1. The van der Waals surface area contributed by atoms with Crippen LogP contribution in [-0.4, -0.2) is 15.9 Å². The molecule has 0 saturated carbocycles. The van der Waals surface area contributed by atoms with Gasteiger partial charge in [-0.2, -0.15) is 0 Å². The molecule has 0 radical (unpaired) electrons. The number of aryl methyl sites for hydroxylation is 1. The Bertz CT molecular complexity index is 521. The zero-order chi connectivity index (χ0) is 11.5. The molecule has 1 amide bonds. The van der Waals surface area contributed by atoms with E-state index in [0.29, 0.717) is 11.5 Å². The monoisotopic (exact) mass is 219 g/mol. The number of anilines is 1. The summed E-state index contributed by atoms with van der Waals surface area (Å²) in [5.74, 6) is -0.239. The van der Waals surface area contributed by atoms with Gasteiger partial charge in [0.2, 0.25) is 0 Å². The lowest BCUT2D eigenvalue weighted by Gasteiger charge is -2.03. The molecule has 0 spiro atoms. The predicted octanol–water partition coefficient (Wildman–Crippen LogP) is 2.11. The van der Waals surface area contributed by atoms with Gasteiger partial charge >= 0.3 is 0 Å². The van der Waals surface area contributed by atoms with Crippen molar-refractivity contribution in [2.45, 2.75) is 6.92 Å². The van der Waals surface area contributed by atoms with Crippen molar-refractivity contribution in [2.24, 2.45) is 0 Å². The smallest absolute Gasteiger partial charge is 0.273 e. The normalized spacial score (nSPS) is 10.1. The standard InChI is InChI=1S/C11H10FN3O/c1-7-13-6-10(14-7)11(16)15-9-5-3-2-4-8(9)12/h2-6H,1H3,(H,13,14)(H,15,16). The number of nitrogens with one attached hydrogen (secondary N) is 2. The summed E-state index contributed by atoms with van der Waals surface area (Å²) < 4.78 is 13.2. The number of aromatic amines is 1. The van der Waals surface area contributed by atoms with Crippen molar-refractivity contribution >= 4 is 11.6 Å². The molecule has 2 N–H and O–H groups in total. The van der Waals surface area contributed by atoms with E-state index in [4.69, 9.17) is 0 Å². The Morgan fingerprint density at radius 3 is 2.81 bits per heavy atom. The molecule has 0 saturated heterocycles. The number of carbonyl (C=O) groups is 1. The molecular formula is C11H10FN3O. The zero-order valence-corrected chi connectivity index (χ0v) is 8.62. The molecule has 4 nitrogen and oxygen atoms in total. The van der Waals surface area contributed by atoms with Gasteiger partial charge in [-0.1, -0.05) is 12.1 Å². The molecule has 1 aromatic carbocycles. The number of H-pyrrole nitrogens is 1. The average Bonchev–Trinajstić information content (AvgIpc) is 2.68. The Hall–Kier alpha value is -2.17. The molecule has 2 aromatic rings. The third-order valence-electron chi connectivity index (χ3n) is 2.07. The van der Waals surface area contributed by atoms with Crippen LogP contribution in [0.3, 0.4) is 0 Å². The van der Waals surface area contributed by atoms with Crippen molar-refractivity contribution in [1.82, 2.24) is 9.97 Å². The van der Waals surface area contributed by atoms with Gasteiger partial charge < -0.3 is 10.3 Å². The van der Waals surface area contributed by atoms with Crippen LogP contribution in [0.5, 0.6) is 0 Å². The second kappa shape index (κ2) is 4.14. The van der Waals surface area contributed by atoms with Gasteiger partial charge in [0.25, 0.3) is 5.91 Å². The summed E-state index contributed by atoms with van der Waals surface area (Å²) in [6.45, 7) is 1.74. The lowest BCUT2D eigenvalue weighted by molar-refractivity contribution is 0.102. The van der Waals surface area contributed by atoms with Crippen molar-refractivity contribution < 1.29 is 9.18 Å². The molecule has 0 unspecified atom stereocenters. The molecule has 0 fully saturated rings. The second-order valence-electron chi connectivity index (χ2n) is 3.32. The van der Waals surface area contributed by atoms with Crippen LogP contribution in [0.4, 0.5) is 10.1 Å². The lowest BCUT2D eigenvalue weighted by Crippen LogP contribution is -2.13. The van der Waals surface area contributed by atoms with Gasteiger partial charge in [-0.25, -0.2) is 9.37 Å². The first-order chi connectivity index (χ1) is 7.66. The molecule has 0 aliphatic heterocycles. The highest BCUT2D eigenvalue weighted by atomic mass is 19.1. The fourth-order valence-electron chi connectivity index (χ4n) is 1.29. The van der Waals surface area contributed by atoms with E-state index < -0.39 is 11.7 Å². The van der Waals surface area contributed by atoms with E-state index in [1.54, 1.807) is 19.1 Å². The summed E-state index contributed by atoms with van der Waals surface area (Å²) in [7, 11) is 0. The Labute approximate surface area is 91.5 Å². The third-order valence-corrected chi connectivity index (χ3v) is 2.07. The molecule has 0 atom stereocenters. The molecule has 0 aliphatic rings. The molecule has 1 aromatic heterocycles. The van der Waals surface area contributed by atoms with Crippen LogP contribution >= 0.6 is 0 Å². The largest absolute Gasteiger partial charge is 0.338 e. The number of aromatic nitrogens is 2. The third kappa shape index (κ3) is 2.08. The van der Waals surface area contributed by atoms with Crippen molar-refractivity contribution in [3.05, 3.63) is 47.8 Å². The number of rotatable bonds is 2. The van der Waals surface area contributed by atoms with Crippen LogP contribution in [0.2, 0.25) is 0 Å². The van der Waals surface area contributed by atoms with Crippen LogP contribution in [0, 0.1) is 12.7 Å². The summed E-state index contributed by atoms with van der Waals surface area (Å²) >= 11 is 0. The number of benzene rings is 1. The quantitative estimate of drug-likeness (QED) is 0.812. The Kier molecular flexibility index (Phi) is 2.68. The van der Waals surface area contributed by atoms with Crippen LogP contribution < -0.4 is 5.32 Å². The Morgan fingerprint density at radius 1 is 1.44 bits per heavy atom. The van der Waals surface area contributed by atoms with Gasteiger partial charge in [-0.05, 0) is 19.1 Å². The highest BCUT2D eigenvalue weighted by molar-refractivity contribution is 6.02. The average molecular weight is 219 g/mol. The molecule has 5 heteroatoms. The van der Waals surface area contributed by atoms with Gasteiger partial charge in [0.05, 0.1) is 11.9 Å². The fourth-order valence-corrected chi connectivity index (χ4v) is 1.29. The number of imidazole rings is 1. The first-order valence-corrected chi connectivity index (χ1v) is 4.74. The molecule has 16 heavy (non-hydrogen) atoms. The van der Waals surface area contributed by atoms with E-state index in [1.165, 1.54) is 18.3 Å². The van der Waals surface area contributed by atoms with E-state index in [-0.39, 0.29) is 5.69 Å². The second-order valence-corrected chi connectivity index (χ2v) is 3.32. The predicted molar refractivity (Wildman–Crippen MR) is 57.7 cm³/mol.